The molecule has 0 unspecified atom stereocenters. The van der Waals surface area contributed by atoms with Crippen LogP contribution < -0.4 is 9.47 Å². The number of amides is 1. The molecular weight excluding hydrogens is 527 g/mol. The number of hydrogen-bond acceptors (Lipinski definition) is 7. The maximum atomic E-state index is 14.1. The van der Waals surface area contributed by atoms with E-state index < -0.39 is 6.04 Å². The summed E-state index contributed by atoms with van der Waals surface area (Å²) in [7, 11) is 4.91. The number of aromatic nitrogens is 4. The summed E-state index contributed by atoms with van der Waals surface area (Å²) >= 11 is 12.5. The Morgan fingerprint density at radius 2 is 1.97 bits per heavy atom. The van der Waals surface area contributed by atoms with Crippen LogP contribution in [-0.4, -0.2) is 63.0 Å². The Hall–Kier alpha value is -3.56. The SMILES string of the molecule is C=C(Cl)/C=C\C(=C/C)[C@H]1c2c(nc(-c3cnc(OC)nc3OC)n2C(C)C)C(=O)N1C1=CC(Cl)=CN(C)C1. The number of methoxy groups -OCH3 is 2. The zero-order chi connectivity index (χ0) is 27.7. The molecule has 2 aromatic rings. The van der Waals surface area contributed by atoms with E-state index in [9.17, 15) is 4.79 Å². The average Bonchev–Trinajstić information content (AvgIpc) is 3.38. The van der Waals surface area contributed by atoms with Crippen LogP contribution in [0.2, 0.25) is 0 Å². The standard InChI is InChI=1S/C27H30Cl2N6O3/c1-8-17(10-9-16(4)28)22-23-21(26(36)35(22)19-11-18(29)13-33(5)14-19)31-24(34(23)15(2)3)20-12-30-27(38-7)32-25(20)37-6/h8-13,15,22H,4,14H2,1-3,5-7H3/b10-9-,17-8+/t22-/m0/s1. The van der Waals surface area contributed by atoms with Crippen LogP contribution in [0.25, 0.3) is 11.4 Å². The van der Waals surface area contributed by atoms with Gasteiger partial charge in [0, 0.05) is 36.2 Å². The average molecular weight is 557 g/mol. The molecule has 0 bridgehead atoms. The molecule has 1 atom stereocenters. The van der Waals surface area contributed by atoms with Crippen molar-refractivity contribution < 1.29 is 14.3 Å². The lowest BCUT2D eigenvalue weighted by molar-refractivity contribution is 0.0788. The van der Waals surface area contributed by atoms with E-state index in [0.29, 0.717) is 39.6 Å². The van der Waals surface area contributed by atoms with Gasteiger partial charge in [0.25, 0.3) is 5.91 Å². The molecule has 38 heavy (non-hydrogen) atoms. The molecule has 4 heterocycles. The van der Waals surface area contributed by atoms with Crippen molar-refractivity contribution in [2.75, 3.05) is 27.8 Å². The first-order valence-corrected chi connectivity index (χ1v) is 12.7. The molecular formula is C27H30Cl2N6O3. The fourth-order valence-corrected chi connectivity index (χ4v) is 5.08. The summed E-state index contributed by atoms with van der Waals surface area (Å²) in [6.45, 7) is 10.3. The number of likely N-dealkylation sites (N-methyl/N-ethyl adjacent to an activating group) is 1. The summed E-state index contributed by atoms with van der Waals surface area (Å²) in [6.07, 6.45) is 10.8. The second-order valence-electron chi connectivity index (χ2n) is 9.12. The second-order valence-corrected chi connectivity index (χ2v) is 10.0. The molecule has 9 nitrogen and oxygen atoms in total. The van der Waals surface area contributed by atoms with E-state index in [0.717, 1.165) is 17.0 Å². The van der Waals surface area contributed by atoms with Crippen molar-refractivity contribution in [1.82, 2.24) is 29.3 Å². The molecule has 200 valence electrons. The van der Waals surface area contributed by atoms with Crippen LogP contribution in [0.15, 0.2) is 64.6 Å². The van der Waals surface area contributed by atoms with Gasteiger partial charge in [-0.05, 0) is 38.5 Å². The third kappa shape index (κ3) is 4.96. The van der Waals surface area contributed by atoms with Crippen molar-refractivity contribution in [3.63, 3.8) is 0 Å². The van der Waals surface area contributed by atoms with Crippen LogP contribution in [0.4, 0.5) is 0 Å². The van der Waals surface area contributed by atoms with E-state index in [2.05, 4.69) is 16.5 Å². The van der Waals surface area contributed by atoms with Gasteiger partial charge in [-0.15, -0.1) is 0 Å². The molecule has 0 aliphatic carbocycles. The lowest BCUT2D eigenvalue weighted by Gasteiger charge is -2.33. The van der Waals surface area contributed by atoms with E-state index >= 15 is 0 Å². The predicted octanol–water partition coefficient (Wildman–Crippen LogP) is 5.60. The zero-order valence-electron chi connectivity index (χ0n) is 22.2. The number of rotatable bonds is 8. The molecule has 11 heteroatoms. The fraction of sp³-hybridized carbons (Fsp3) is 0.333. The van der Waals surface area contributed by atoms with Crippen LogP contribution >= 0.6 is 23.2 Å². The van der Waals surface area contributed by atoms with Gasteiger partial charge in [0.05, 0.1) is 37.1 Å². The Balaban J connectivity index is 1.98. The summed E-state index contributed by atoms with van der Waals surface area (Å²) in [4.78, 5) is 31.2. The quantitative estimate of drug-likeness (QED) is 0.391. The number of allylic oxidation sites excluding steroid dienone is 5. The Morgan fingerprint density at radius 1 is 1.24 bits per heavy atom. The first-order chi connectivity index (χ1) is 18.1. The molecule has 0 aromatic carbocycles. The van der Waals surface area contributed by atoms with Crippen LogP contribution in [0.3, 0.4) is 0 Å². The van der Waals surface area contributed by atoms with E-state index in [1.54, 1.807) is 17.2 Å². The first kappa shape index (κ1) is 27.5. The smallest absolute Gasteiger partial charge is 0.319 e. The van der Waals surface area contributed by atoms with Crippen molar-refractivity contribution in [2.24, 2.45) is 0 Å². The van der Waals surface area contributed by atoms with Crippen molar-refractivity contribution in [2.45, 2.75) is 32.9 Å². The van der Waals surface area contributed by atoms with Gasteiger partial charge in [0.1, 0.15) is 11.9 Å². The molecule has 2 aliphatic heterocycles. The highest BCUT2D eigenvalue weighted by Crippen LogP contribution is 2.46. The van der Waals surface area contributed by atoms with Crippen molar-refractivity contribution >= 4 is 29.1 Å². The predicted molar refractivity (Wildman–Crippen MR) is 148 cm³/mol. The summed E-state index contributed by atoms with van der Waals surface area (Å²) in [5.41, 5.74) is 3.23. The maximum absolute atomic E-state index is 14.1. The summed E-state index contributed by atoms with van der Waals surface area (Å²) in [5.74, 6) is 0.584. The van der Waals surface area contributed by atoms with E-state index in [1.807, 2.05) is 61.7 Å². The molecule has 0 saturated carbocycles. The summed E-state index contributed by atoms with van der Waals surface area (Å²) in [6, 6.07) is -0.396. The monoisotopic (exact) mass is 556 g/mol. The van der Waals surface area contributed by atoms with Gasteiger partial charge in [-0.2, -0.15) is 4.98 Å². The molecule has 0 radical (unpaired) electrons. The number of halogens is 2. The van der Waals surface area contributed by atoms with Gasteiger partial charge in [-0.25, -0.2) is 9.97 Å². The van der Waals surface area contributed by atoms with E-state index in [4.69, 9.17) is 37.7 Å². The number of carbonyl (C=O) groups excluding carboxylic acids is 1. The van der Waals surface area contributed by atoms with Gasteiger partial charge >= 0.3 is 6.01 Å². The molecule has 0 fully saturated rings. The van der Waals surface area contributed by atoms with Crippen LogP contribution in [-0.2, 0) is 0 Å². The molecule has 4 rings (SSSR count). The summed E-state index contributed by atoms with van der Waals surface area (Å²) in [5, 5.41) is 0.908. The van der Waals surface area contributed by atoms with Gasteiger partial charge in [0.2, 0.25) is 5.88 Å². The fourth-order valence-electron chi connectivity index (χ4n) is 4.72. The highest BCUT2D eigenvalue weighted by Gasteiger charge is 2.46. The number of ether oxygens (including phenoxy) is 2. The Kier molecular flexibility index (Phi) is 7.99. The van der Waals surface area contributed by atoms with Crippen molar-refractivity contribution in [3.8, 4) is 23.3 Å². The summed E-state index contributed by atoms with van der Waals surface area (Å²) < 4.78 is 12.7. The second kappa shape index (κ2) is 11.0. The topological polar surface area (TPSA) is 85.6 Å². The van der Waals surface area contributed by atoms with Gasteiger partial charge < -0.3 is 18.9 Å². The minimum absolute atomic E-state index is 0.0696. The third-order valence-corrected chi connectivity index (χ3v) is 6.56. The van der Waals surface area contributed by atoms with Crippen molar-refractivity contribution in [3.05, 3.63) is 76.0 Å². The van der Waals surface area contributed by atoms with E-state index in [-0.39, 0.29) is 18.0 Å². The largest absolute Gasteiger partial charge is 0.480 e. The van der Waals surface area contributed by atoms with Crippen molar-refractivity contribution in [1.29, 1.82) is 0 Å². The van der Waals surface area contributed by atoms with Crippen LogP contribution in [0.5, 0.6) is 11.9 Å². The normalized spacial score (nSPS) is 17.8. The number of nitrogens with zero attached hydrogens (tertiary/aromatic N) is 6. The van der Waals surface area contributed by atoms with Crippen LogP contribution in [0, 0.1) is 0 Å². The first-order valence-electron chi connectivity index (χ1n) is 12.0. The molecule has 0 N–H and O–H groups in total. The van der Waals surface area contributed by atoms with Crippen LogP contribution in [0.1, 0.15) is 49.0 Å². The molecule has 2 aromatic heterocycles. The minimum Gasteiger partial charge on any atom is -0.480 e. The number of fused-ring (bicyclic) bond motifs is 1. The number of imidazole rings is 1. The highest BCUT2D eigenvalue weighted by molar-refractivity contribution is 6.31. The van der Waals surface area contributed by atoms with Gasteiger partial charge in [-0.3, -0.25) is 9.69 Å². The third-order valence-electron chi connectivity index (χ3n) is 6.23. The Labute approximate surface area is 232 Å². The van der Waals surface area contributed by atoms with E-state index in [1.165, 1.54) is 14.2 Å². The molecule has 1 amide bonds. The highest BCUT2D eigenvalue weighted by atomic mass is 35.5. The lowest BCUT2D eigenvalue weighted by Crippen LogP contribution is -2.35. The Bertz CT molecular complexity index is 1410. The number of carbonyl (C=O) groups is 1. The minimum atomic E-state index is -0.495. The van der Waals surface area contributed by atoms with Gasteiger partial charge in [0.15, 0.2) is 5.69 Å². The maximum Gasteiger partial charge on any atom is 0.319 e. The molecule has 2 aliphatic rings. The lowest BCUT2D eigenvalue weighted by atomic mass is 10.0. The van der Waals surface area contributed by atoms with Gasteiger partial charge in [-0.1, -0.05) is 41.9 Å². The Morgan fingerprint density at radius 3 is 2.55 bits per heavy atom. The molecule has 0 saturated heterocycles. The number of hydrogen-bond donors (Lipinski definition) is 0. The molecule has 0 spiro atoms. The zero-order valence-corrected chi connectivity index (χ0v) is 23.7.